The molecule has 1 heterocycles. The average Bonchev–Trinajstić information content (AvgIpc) is 2.16. The monoisotopic (exact) mass is 199 g/mol. The minimum Gasteiger partial charge on any atom is -0.341 e. The van der Waals surface area contributed by atoms with Crippen LogP contribution in [0.5, 0.6) is 0 Å². The van der Waals surface area contributed by atoms with Gasteiger partial charge in [-0.15, -0.1) is 0 Å². The van der Waals surface area contributed by atoms with Crippen molar-refractivity contribution in [3.63, 3.8) is 0 Å². The Morgan fingerprint density at radius 3 is 2.57 bits per heavy atom. The molecule has 0 aromatic heterocycles. The molecule has 4 N–H and O–H groups in total. The Labute approximate surface area is 85.6 Å². The van der Waals surface area contributed by atoms with Gasteiger partial charge in [-0.3, -0.25) is 4.79 Å². The van der Waals surface area contributed by atoms with Crippen LogP contribution in [0.4, 0.5) is 0 Å². The third-order valence-electron chi connectivity index (χ3n) is 2.90. The van der Waals surface area contributed by atoms with E-state index in [-0.39, 0.29) is 18.0 Å². The summed E-state index contributed by atoms with van der Waals surface area (Å²) < 4.78 is 0. The van der Waals surface area contributed by atoms with E-state index in [0.717, 1.165) is 25.9 Å². The summed E-state index contributed by atoms with van der Waals surface area (Å²) in [6.45, 7) is 5.35. The van der Waals surface area contributed by atoms with E-state index in [4.69, 9.17) is 11.5 Å². The lowest BCUT2D eigenvalue weighted by Crippen LogP contribution is -2.49. The van der Waals surface area contributed by atoms with Gasteiger partial charge in [-0.1, -0.05) is 0 Å². The Balaban J connectivity index is 2.51. The van der Waals surface area contributed by atoms with Crippen LogP contribution >= 0.6 is 0 Å². The lowest BCUT2D eigenvalue weighted by molar-refractivity contribution is -0.134. The first-order chi connectivity index (χ1) is 6.52. The number of nitrogens with two attached hydrogens (primary N) is 2. The molecule has 0 radical (unpaired) electrons. The molecule has 4 nitrogen and oxygen atoms in total. The van der Waals surface area contributed by atoms with Crippen LogP contribution in [0.1, 0.15) is 26.7 Å². The SMILES string of the molecule is CC(N)C(=O)N1CCCC(C(C)N)C1. The largest absolute Gasteiger partial charge is 0.341 e. The van der Waals surface area contributed by atoms with E-state index in [1.54, 1.807) is 6.92 Å². The first kappa shape index (κ1) is 11.5. The van der Waals surface area contributed by atoms with Gasteiger partial charge >= 0.3 is 0 Å². The molecule has 0 aliphatic carbocycles. The lowest BCUT2D eigenvalue weighted by Gasteiger charge is -2.35. The van der Waals surface area contributed by atoms with E-state index in [1.165, 1.54) is 0 Å². The van der Waals surface area contributed by atoms with E-state index in [1.807, 2.05) is 11.8 Å². The zero-order chi connectivity index (χ0) is 10.7. The van der Waals surface area contributed by atoms with Gasteiger partial charge in [0.25, 0.3) is 0 Å². The van der Waals surface area contributed by atoms with Crippen molar-refractivity contribution in [2.24, 2.45) is 17.4 Å². The third kappa shape index (κ3) is 2.69. The van der Waals surface area contributed by atoms with Crippen LogP contribution in [0.2, 0.25) is 0 Å². The zero-order valence-electron chi connectivity index (χ0n) is 9.07. The van der Waals surface area contributed by atoms with Crippen molar-refractivity contribution in [3.8, 4) is 0 Å². The maximum atomic E-state index is 11.6. The van der Waals surface area contributed by atoms with Crippen molar-refractivity contribution < 1.29 is 4.79 Å². The maximum absolute atomic E-state index is 11.6. The topological polar surface area (TPSA) is 72.4 Å². The third-order valence-corrected chi connectivity index (χ3v) is 2.90. The van der Waals surface area contributed by atoms with Crippen LogP contribution in [0, 0.1) is 5.92 Å². The van der Waals surface area contributed by atoms with Gasteiger partial charge in [0.15, 0.2) is 0 Å². The smallest absolute Gasteiger partial charge is 0.239 e. The molecule has 0 saturated carbocycles. The predicted molar refractivity (Wildman–Crippen MR) is 56.6 cm³/mol. The molecule has 3 atom stereocenters. The maximum Gasteiger partial charge on any atom is 0.239 e. The van der Waals surface area contributed by atoms with E-state index in [2.05, 4.69) is 0 Å². The number of hydrogen-bond donors (Lipinski definition) is 2. The fourth-order valence-electron chi connectivity index (χ4n) is 1.93. The molecule has 82 valence electrons. The summed E-state index contributed by atoms with van der Waals surface area (Å²) in [6, 6.07) is -0.222. The Morgan fingerprint density at radius 1 is 1.43 bits per heavy atom. The van der Waals surface area contributed by atoms with Crippen molar-refractivity contribution in [2.45, 2.75) is 38.8 Å². The molecule has 0 spiro atoms. The van der Waals surface area contributed by atoms with E-state index < -0.39 is 0 Å². The van der Waals surface area contributed by atoms with Crippen LogP contribution in [-0.2, 0) is 4.79 Å². The Morgan fingerprint density at radius 2 is 2.07 bits per heavy atom. The number of carbonyl (C=O) groups is 1. The zero-order valence-corrected chi connectivity index (χ0v) is 9.07. The second-order valence-electron chi connectivity index (χ2n) is 4.33. The minimum atomic E-state index is -0.387. The highest BCUT2D eigenvalue weighted by Gasteiger charge is 2.26. The molecule has 1 saturated heterocycles. The second kappa shape index (κ2) is 4.75. The van der Waals surface area contributed by atoms with Crippen LogP contribution in [-0.4, -0.2) is 36.0 Å². The Hall–Kier alpha value is -0.610. The van der Waals surface area contributed by atoms with E-state index in [0.29, 0.717) is 5.92 Å². The van der Waals surface area contributed by atoms with Crippen LogP contribution in [0.3, 0.4) is 0 Å². The molecule has 0 aromatic carbocycles. The van der Waals surface area contributed by atoms with Crippen molar-refractivity contribution in [1.82, 2.24) is 4.90 Å². The van der Waals surface area contributed by atoms with Gasteiger partial charge in [-0.05, 0) is 32.6 Å². The lowest BCUT2D eigenvalue weighted by atomic mass is 9.92. The van der Waals surface area contributed by atoms with Crippen LogP contribution < -0.4 is 11.5 Å². The summed E-state index contributed by atoms with van der Waals surface area (Å²) >= 11 is 0. The Bertz CT molecular complexity index is 204. The number of carbonyl (C=O) groups excluding carboxylic acids is 1. The quantitative estimate of drug-likeness (QED) is 0.653. The molecular formula is C10H21N3O. The van der Waals surface area contributed by atoms with Gasteiger partial charge in [-0.2, -0.15) is 0 Å². The van der Waals surface area contributed by atoms with Crippen molar-refractivity contribution in [2.75, 3.05) is 13.1 Å². The molecular weight excluding hydrogens is 178 g/mol. The minimum absolute atomic E-state index is 0.0513. The highest BCUT2D eigenvalue weighted by molar-refractivity contribution is 5.81. The number of amides is 1. The molecule has 0 aromatic rings. The van der Waals surface area contributed by atoms with Gasteiger partial charge in [0.2, 0.25) is 5.91 Å². The number of piperidine rings is 1. The fraction of sp³-hybridized carbons (Fsp3) is 0.900. The first-order valence-electron chi connectivity index (χ1n) is 5.32. The van der Waals surface area contributed by atoms with Gasteiger partial charge in [-0.25, -0.2) is 0 Å². The molecule has 1 aliphatic rings. The number of hydrogen-bond acceptors (Lipinski definition) is 3. The highest BCUT2D eigenvalue weighted by Crippen LogP contribution is 2.18. The van der Waals surface area contributed by atoms with Crippen molar-refractivity contribution in [3.05, 3.63) is 0 Å². The number of rotatable bonds is 2. The van der Waals surface area contributed by atoms with Gasteiger partial charge in [0.05, 0.1) is 6.04 Å². The summed E-state index contributed by atoms with van der Waals surface area (Å²) in [7, 11) is 0. The van der Waals surface area contributed by atoms with Crippen LogP contribution in [0.25, 0.3) is 0 Å². The van der Waals surface area contributed by atoms with Gasteiger partial charge in [0, 0.05) is 19.1 Å². The van der Waals surface area contributed by atoms with Gasteiger partial charge < -0.3 is 16.4 Å². The summed E-state index contributed by atoms with van der Waals surface area (Å²) in [4.78, 5) is 13.5. The number of likely N-dealkylation sites (tertiary alicyclic amines) is 1. The fourth-order valence-corrected chi connectivity index (χ4v) is 1.93. The van der Waals surface area contributed by atoms with E-state index >= 15 is 0 Å². The molecule has 1 rings (SSSR count). The molecule has 1 fully saturated rings. The van der Waals surface area contributed by atoms with Crippen LogP contribution in [0.15, 0.2) is 0 Å². The first-order valence-corrected chi connectivity index (χ1v) is 5.32. The second-order valence-corrected chi connectivity index (χ2v) is 4.33. The molecule has 0 bridgehead atoms. The summed E-state index contributed by atoms with van der Waals surface area (Å²) in [5.74, 6) is 0.488. The Kier molecular flexibility index (Phi) is 3.89. The molecule has 3 unspecified atom stereocenters. The molecule has 1 aliphatic heterocycles. The number of nitrogens with zero attached hydrogens (tertiary/aromatic N) is 1. The molecule has 1 amide bonds. The van der Waals surface area contributed by atoms with Gasteiger partial charge in [0.1, 0.15) is 0 Å². The van der Waals surface area contributed by atoms with E-state index in [9.17, 15) is 4.79 Å². The normalized spacial score (nSPS) is 27.1. The standard InChI is InChI=1S/C10H21N3O/c1-7(11)9-4-3-5-13(6-9)10(14)8(2)12/h7-9H,3-6,11-12H2,1-2H3. The summed E-state index contributed by atoms with van der Waals surface area (Å²) in [6.07, 6.45) is 2.17. The average molecular weight is 199 g/mol. The molecule has 14 heavy (non-hydrogen) atoms. The highest BCUT2D eigenvalue weighted by atomic mass is 16.2. The summed E-state index contributed by atoms with van der Waals surface area (Å²) in [5.41, 5.74) is 11.4. The predicted octanol–water partition coefficient (Wildman–Crippen LogP) is -0.0806. The summed E-state index contributed by atoms with van der Waals surface area (Å²) in [5, 5.41) is 0. The molecule has 4 heteroatoms. The van der Waals surface area contributed by atoms with Crippen molar-refractivity contribution in [1.29, 1.82) is 0 Å². The van der Waals surface area contributed by atoms with Crippen molar-refractivity contribution >= 4 is 5.91 Å².